The van der Waals surface area contributed by atoms with Crippen LogP contribution < -0.4 is 19.6 Å². The summed E-state index contributed by atoms with van der Waals surface area (Å²) in [5.74, 6) is 1.96. The molecule has 0 fully saturated rings. The van der Waals surface area contributed by atoms with Gasteiger partial charge in [-0.1, -0.05) is 45.3 Å². The third kappa shape index (κ3) is 4.99. The van der Waals surface area contributed by atoms with Gasteiger partial charge in [-0.15, -0.1) is 6.42 Å². The lowest BCUT2D eigenvalue weighted by Crippen LogP contribution is -2.39. The van der Waals surface area contributed by atoms with Gasteiger partial charge in [0.25, 0.3) is 5.56 Å². The fourth-order valence-electron chi connectivity index (χ4n) is 3.78. The van der Waals surface area contributed by atoms with Gasteiger partial charge in [0.2, 0.25) is 0 Å². The molecule has 0 amide bonds. The number of halogens is 2. The Labute approximate surface area is 213 Å². The van der Waals surface area contributed by atoms with Crippen molar-refractivity contribution < 1.29 is 18.7 Å². The normalized spacial score (nSPS) is 15.3. The highest BCUT2D eigenvalue weighted by Gasteiger charge is 2.33. The van der Waals surface area contributed by atoms with Gasteiger partial charge in [-0.05, 0) is 55.8 Å². The van der Waals surface area contributed by atoms with Gasteiger partial charge in [-0.2, -0.15) is 0 Å². The number of terminal acetylenes is 1. The van der Waals surface area contributed by atoms with Crippen LogP contribution in [0.1, 0.15) is 31.0 Å². The van der Waals surface area contributed by atoms with Crippen LogP contribution in [0.25, 0.3) is 6.08 Å². The SMILES string of the molecule is C#CCOc1ccc(Br)cc1/C=c1\sc2n(c1=O)[C@H](c1ccc(F)cc1)C(C(=O)OCC)=C(C)N=2. The molecule has 1 aliphatic rings. The number of hydrogen-bond acceptors (Lipinski definition) is 6. The minimum Gasteiger partial charge on any atom is -0.480 e. The highest BCUT2D eigenvalue weighted by atomic mass is 79.9. The summed E-state index contributed by atoms with van der Waals surface area (Å²) in [5, 5.41) is 0. The number of esters is 1. The first-order valence-electron chi connectivity index (χ1n) is 10.6. The number of thiazole rings is 1. The molecule has 0 aliphatic carbocycles. The zero-order valence-corrected chi connectivity index (χ0v) is 21.3. The number of benzene rings is 2. The molecule has 0 bridgehead atoms. The van der Waals surface area contributed by atoms with Crippen molar-refractivity contribution in [3.05, 3.63) is 94.8 Å². The first-order chi connectivity index (χ1) is 16.8. The largest absolute Gasteiger partial charge is 0.480 e. The molecule has 0 saturated carbocycles. The summed E-state index contributed by atoms with van der Waals surface area (Å²) in [7, 11) is 0. The van der Waals surface area contributed by atoms with Gasteiger partial charge in [0.1, 0.15) is 18.2 Å². The zero-order chi connectivity index (χ0) is 25.1. The maximum Gasteiger partial charge on any atom is 0.338 e. The molecule has 1 aliphatic heterocycles. The molecule has 9 heteroatoms. The Balaban J connectivity index is 1.94. The summed E-state index contributed by atoms with van der Waals surface area (Å²) in [6.45, 7) is 3.64. The minimum atomic E-state index is -0.812. The number of aromatic nitrogens is 1. The lowest BCUT2D eigenvalue weighted by Gasteiger charge is -2.24. The van der Waals surface area contributed by atoms with Gasteiger partial charge in [0.15, 0.2) is 4.80 Å². The van der Waals surface area contributed by atoms with Crippen LogP contribution in [0.4, 0.5) is 4.39 Å². The molecular formula is C26H20BrFN2O4S. The summed E-state index contributed by atoms with van der Waals surface area (Å²) in [6, 6.07) is 10.3. The van der Waals surface area contributed by atoms with E-state index in [1.165, 1.54) is 28.0 Å². The fourth-order valence-corrected chi connectivity index (χ4v) is 5.19. The Morgan fingerprint density at radius 1 is 1.31 bits per heavy atom. The van der Waals surface area contributed by atoms with Crippen molar-refractivity contribution >= 4 is 39.3 Å². The Morgan fingerprint density at radius 3 is 2.74 bits per heavy atom. The molecule has 1 aromatic heterocycles. The summed E-state index contributed by atoms with van der Waals surface area (Å²) in [6.07, 6.45) is 7.03. The number of hydrogen-bond donors (Lipinski definition) is 0. The van der Waals surface area contributed by atoms with Crippen molar-refractivity contribution in [3.8, 4) is 18.1 Å². The maximum absolute atomic E-state index is 13.7. The van der Waals surface area contributed by atoms with Gasteiger partial charge in [0.05, 0.1) is 28.5 Å². The first kappa shape index (κ1) is 24.6. The first-order valence-corrected chi connectivity index (χ1v) is 12.3. The fraction of sp³-hybridized carbons (Fsp3) is 0.192. The molecule has 3 aromatic rings. The molecule has 178 valence electrons. The number of fused-ring (bicyclic) bond motifs is 1. The van der Waals surface area contributed by atoms with Crippen molar-refractivity contribution in [1.29, 1.82) is 0 Å². The van der Waals surface area contributed by atoms with E-state index >= 15 is 0 Å². The third-order valence-corrected chi connectivity index (χ3v) is 6.75. The summed E-state index contributed by atoms with van der Waals surface area (Å²) in [4.78, 5) is 31.5. The number of ether oxygens (including phenoxy) is 2. The van der Waals surface area contributed by atoms with E-state index in [1.807, 2.05) is 12.1 Å². The van der Waals surface area contributed by atoms with Crippen molar-refractivity contribution in [1.82, 2.24) is 4.57 Å². The Bertz CT molecular complexity index is 1550. The summed E-state index contributed by atoms with van der Waals surface area (Å²) >= 11 is 4.63. The van der Waals surface area contributed by atoms with E-state index in [9.17, 15) is 14.0 Å². The number of nitrogens with zero attached hydrogens (tertiary/aromatic N) is 2. The average molecular weight is 555 g/mol. The summed E-state index contributed by atoms with van der Waals surface area (Å²) < 4.78 is 27.2. The smallest absolute Gasteiger partial charge is 0.338 e. The standard InChI is InChI=1S/C26H20BrFN2O4S/c1-4-12-34-20-11-8-18(27)13-17(20)14-21-24(31)30-23(16-6-9-19(28)10-7-16)22(25(32)33-5-2)15(3)29-26(30)35-21/h1,6-11,13-14,23H,5,12H2,2-3H3/b21-14-/t23-/m1/s1. The molecule has 35 heavy (non-hydrogen) atoms. The highest BCUT2D eigenvalue weighted by Crippen LogP contribution is 2.31. The third-order valence-electron chi connectivity index (χ3n) is 5.27. The maximum atomic E-state index is 13.7. The van der Waals surface area contributed by atoms with Crippen molar-refractivity contribution in [3.63, 3.8) is 0 Å². The molecule has 1 atom stereocenters. The molecule has 4 rings (SSSR count). The monoisotopic (exact) mass is 554 g/mol. The van der Waals surface area contributed by atoms with Crippen LogP contribution in [-0.2, 0) is 9.53 Å². The van der Waals surface area contributed by atoms with Gasteiger partial charge >= 0.3 is 5.97 Å². The number of allylic oxidation sites excluding steroid dienone is 1. The van der Waals surface area contributed by atoms with E-state index in [-0.39, 0.29) is 24.3 Å². The lowest BCUT2D eigenvalue weighted by atomic mass is 9.96. The van der Waals surface area contributed by atoms with E-state index < -0.39 is 17.8 Å². The minimum absolute atomic E-state index is 0.0797. The van der Waals surface area contributed by atoms with Crippen molar-refractivity contribution in [2.45, 2.75) is 19.9 Å². The predicted molar refractivity (Wildman–Crippen MR) is 135 cm³/mol. The van der Waals surface area contributed by atoms with Crippen LogP contribution in [-0.4, -0.2) is 23.8 Å². The van der Waals surface area contributed by atoms with Gasteiger partial charge in [-0.3, -0.25) is 9.36 Å². The van der Waals surface area contributed by atoms with Crippen LogP contribution in [0, 0.1) is 18.2 Å². The molecule has 2 aromatic carbocycles. The van der Waals surface area contributed by atoms with Crippen LogP contribution in [0.2, 0.25) is 0 Å². The Hall–Kier alpha value is -3.48. The van der Waals surface area contributed by atoms with E-state index in [1.54, 1.807) is 38.1 Å². The van der Waals surface area contributed by atoms with E-state index in [4.69, 9.17) is 15.9 Å². The van der Waals surface area contributed by atoms with Crippen LogP contribution in [0.5, 0.6) is 5.75 Å². The molecule has 2 heterocycles. The lowest BCUT2D eigenvalue weighted by molar-refractivity contribution is -0.139. The van der Waals surface area contributed by atoms with E-state index in [0.29, 0.717) is 31.9 Å². The number of carbonyl (C=O) groups is 1. The Morgan fingerprint density at radius 2 is 2.06 bits per heavy atom. The highest BCUT2D eigenvalue weighted by molar-refractivity contribution is 9.10. The second-order valence-corrected chi connectivity index (χ2v) is 9.45. The zero-order valence-electron chi connectivity index (χ0n) is 18.9. The second-order valence-electron chi connectivity index (χ2n) is 7.53. The molecule has 6 nitrogen and oxygen atoms in total. The second kappa shape index (κ2) is 10.4. The summed E-state index contributed by atoms with van der Waals surface area (Å²) in [5.41, 5.74) is 1.54. The van der Waals surface area contributed by atoms with Gasteiger partial charge in [-0.25, -0.2) is 14.2 Å². The molecule has 0 unspecified atom stereocenters. The average Bonchev–Trinajstić information content (AvgIpc) is 3.12. The van der Waals surface area contributed by atoms with Crippen LogP contribution in [0.15, 0.2) is 68.0 Å². The van der Waals surface area contributed by atoms with Crippen molar-refractivity contribution in [2.24, 2.45) is 4.99 Å². The van der Waals surface area contributed by atoms with Crippen molar-refractivity contribution in [2.75, 3.05) is 13.2 Å². The molecule has 0 spiro atoms. The van der Waals surface area contributed by atoms with Gasteiger partial charge < -0.3 is 9.47 Å². The van der Waals surface area contributed by atoms with Crippen LogP contribution in [0.3, 0.4) is 0 Å². The molecule has 0 radical (unpaired) electrons. The molecule has 0 saturated heterocycles. The van der Waals surface area contributed by atoms with E-state index in [2.05, 4.69) is 26.8 Å². The van der Waals surface area contributed by atoms with Crippen LogP contribution >= 0.6 is 27.3 Å². The van der Waals surface area contributed by atoms with E-state index in [0.717, 1.165) is 4.47 Å². The quantitative estimate of drug-likeness (QED) is 0.344. The Kier molecular flexibility index (Phi) is 7.34. The predicted octanol–water partition coefficient (Wildman–Crippen LogP) is 3.71. The molecule has 0 N–H and O–H groups in total. The number of carbonyl (C=O) groups excluding carboxylic acids is 1. The van der Waals surface area contributed by atoms with Gasteiger partial charge in [0, 0.05) is 10.0 Å². The molecular weight excluding hydrogens is 535 g/mol. The topological polar surface area (TPSA) is 69.9 Å². The number of rotatable bonds is 6.